The summed E-state index contributed by atoms with van der Waals surface area (Å²) in [5, 5.41) is 9.40. The van der Waals surface area contributed by atoms with E-state index < -0.39 is 0 Å². The number of aliphatic hydroxyl groups excluding tert-OH is 1. The maximum Gasteiger partial charge on any atom is 0.0500 e. The molecule has 1 aromatic rings. The van der Waals surface area contributed by atoms with E-state index in [4.69, 9.17) is 4.74 Å². The Labute approximate surface area is 106 Å². The predicted octanol–water partition coefficient (Wildman–Crippen LogP) is 3.34. The van der Waals surface area contributed by atoms with Crippen molar-refractivity contribution in [3.05, 3.63) is 34.3 Å². The van der Waals surface area contributed by atoms with Gasteiger partial charge in [0.1, 0.15) is 0 Å². The van der Waals surface area contributed by atoms with Gasteiger partial charge in [-0.3, -0.25) is 0 Å². The fourth-order valence-corrected chi connectivity index (χ4v) is 2.34. The SMILES string of the molecule is CCOCCCC(CO)c1ccccc1Br. The van der Waals surface area contributed by atoms with Crippen molar-refractivity contribution in [2.24, 2.45) is 0 Å². The molecule has 1 atom stereocenters. The first-order valence-corrected chi connectivity index (χ1v) is 6.52. The summed E-state index contributed by atoms with van der Waals surface area (Å²) in [5.74, 6) is 0.205. The Morgan fingerprint density at radius 3 is 2.75 bits per heavy atom. The van der Waals surface area contributed by atoms with Crippen molar-refractivity contribution in [2.45, 2.75) is 25.7 Å². The molecule has 0 saturated carbocycles. The van der Waals surface area contributed by atoms with Crippen molar-refractivity contribution in [3.63, 3.8) is 0 Å². The van der Waals surface area contributed by atoms with Crippen LogP contribution >= 0.6 is 15.9 Å². The molecular weight excluding hydrogens is 268 g/mol. The zero-order valence-corrected chi connectivity index (χ0v) is 11.2. The Hall–Kier alpha value is -0.380. The second-order valence-corrected chi connectivity index (χ2v) is 4.59. The minimum Gasteiger partial charge on any atom is -0.396 e. The van der Waals surface area contributed by atoms with Gasteiger partial charge in [0.15, 0.2) is 0 Å². The molecule has 0 bridgehead atoms. The average molecular weight is 287 g/mol. The van der Waals surface area contributed by atoms with E-state index in [1.54, 1.807) is 0 Å². The summed E-state index contributed by atoms with van der Waals surface area (Å²) in [6.45, 7) is 3.72. The van der Waals surface area contributed by atoms with Gasteiger partial charge < -0.3 is 9.84 Å². The van der Waals surface area contributed by atoms with E-state index in [-0.39, 0.29) is 12.5 Å². The fraction of sp³-hybridized carbons (Fsp3) is 0.538. The number of hydrogen-bond acceptors (Lipinski definition) is 2. The van der Waals surface area contributed by atoms with Crippen LogP contribution in [0.15, 0.2) is 28.7 Å². The van der Waals surface area contributed by atoms with Gasteiger partial charge in [-0.2, -0.15) is 0 Å². The van der Waals surface area contributed by atoms with Crippen LogP contribution < -0.4 is 0 Å². The Morgan fingerprint density at radius 1 is 1.38 bits per heavy atom. The van der Waals surface area contributed by atoms with Gasteiger partial charge in [-0.25, -0.2) is 0 Å². The van der Waals surface area contributed by atoms with Crippen molar-refractivity contribution < 1.29 is 9.84 Å². The van der Waals surface area contributed by atoms with Crippen molar-refractivity contribution in [1.29, 1.82) is 0 Å². The average Bonchev–Trinajstić information content (AvgIpc) is 2.31. The molecule has 0 aliphatic heterocycles. The normalized spacial score (nSPS) is 12.7. The van der Waals surface area contributed by atoms with Crippen LogP contribution in [0.5, 0.6) is 0 Å². The molecule has 1 rings (SSSR count). The number of ether oxygens (including phenoxy) is 1. The highest BCUT2D eigenvalue weighted by atomic mass is 79.9. The molecule has 0 fully saturated rings. The third-order valence-electron chi connectivity index (χ3n) is 2.61. The second-order valence-electron chi connectivity index (χ2n) is 3.74. The Kier molecular flexibility index (Phi) is 6.69. The summed E-state index contributed by atoms with van der Waals surface area (Å²) in [4.78, 5) is 0. The molecular formula is C13H19BrO2. The van der Waals surface area contributed by atoms with E-state index in [1.807, 2.05) is 25.1 Å². The smallest absolute Gasteiger partial charge is 0.0500 e. The van der Waals surface area contributed by atoms with Gasteiger partial charge in [0.05, 0.1) is 0 Å². The minimum absolute atomic E-state index is 0.189. The number of halogens is 1. The van der Waals surface area contributed by atoms with Crippen LogP contribution in [0.4, 0.5) is 0 Å². The van der Waals surface area contributed by atoms with Crippen LogP contribution in [-0.2, 0) is 4.74 Å². The standard InChI is InChI=1S/C13H19BrO2/c1-2-16-9-5-6-11(10-15)12-7-3-4-8-13(12)14/h3-4,7-8,11,15H,2,5-6,9-10H2,1H3. The number of rotatable bonds is 7. The predicted molar refractivity (Wildman–Crippen MR) is 69.7 cm³/mol. The molecule has 2 nitrogen and oxygen atoms in total. The number of aliphatic hydroxyl groups is 1. The van der Waals surface area contributed by atoms with E-state index in [0.717, 1.165) is 30.5 Å². The number of hydrogen-bond donors (Lipinski definition) is 1. The second kappa shape index (κ2) is 7.82. The summed E-state index contributed by atoms with van der Waals surface area (Å²) in [5.41, 5.74) is 1.18. The molecule has 0 aromatic heterocycles. The molecule has 0 spiro atoms. The van der Waals surface area contributed by atoms with Gasteiger partial charge in [0.25, 0.3) is 0 Å². The van der Waals surface area contributed by atoms with Crippen LogP contribution in [0.3, 0.4) is 0 Å². The third kappa shape index (κ3) is 4.24. The lowest BCUT2D eigenvalue weighted by Crippen LogP contribution is -2.06. The summed E-state index contributed by atoms with van der Waals surface area (Å²) >= 11 is 3.52. The molecule has 1 unspecified atom stereocenters. The molecule has 0 amide bonds. The highest BCUT2D eigenvalue weighted by Crippen LogP contribution is 2.27. The molecule has 0 aliphatic rings. The molecule has 0 heterocycles. The summed E-state index contributed by atoms with van der Waals surface area (Å²) in [6.07, 6.45) is 1.94. The van der Waals surface area contributed by atoms with E-state index in [1.165, 1.54) is 5.56 Å². The Morgan fingerprint density at radius 2 is 2.12 bits per heavy atom. The first-order chi connectivity index (χ1) is 7.79. The molecule has 90 valence electrons. The quantitative estimate of drug-likeness (QED) is 0.779. The van der Waals surface area contributed by atoms with Crippen molar-refractivity contribution in [1.82, 2.24) is 0 Å². The van der Waals surface area contributed by atoms with Crippen molar-refractivity contribution in [2.75, 3.05) is 19.8 Å². The maximum absolute atomic E-state index is 9.40. The molecule has 3 heteroatoms. The summed E-state index contributed by atoms with van der Waals surface area (Å²) < 4.78 is 6.38. The van der Waals surface area contributed by atoms with E-state index >= 15 is 0 Å². The zero-order chi connectivity index (χ0) is 11.8. The monoisotopic (exact) mass is 286 g/mol. The van der Waals surface area contributed by atoms with Crippen LogP contribution in [0.2, 0.25) is 0 Å². The topological polar surface area (TPSA) is 29.5 Å². The number of benzene rings is 1. The summed E-state index contributed by atoms with van der Waals surface area (Å²) in [6, 6.07) is 8.07. The first-order valence-electron chi connectivity index (χ1n) is 5.72. The molecule has 0 saturated heterocycles. The lowest BCUT2D eigenvalue weighted by atomic mass is 9.95. The Bertz CT molecular complexity index is 302. The largest absolute Gasteiger partial charge is 0.396 e. The van der Waals surface area contributed by atoms with Gasteiger partial charge in [0, 0.05) is 30.2 Å². The van der Waals surface area contributed by atoms with Gasteiger partial charge in [-0.15, -0.1) is 0 Å². The molecule has 16 heavy (non-hydrogen) atoms. The molecule has 0 radical (unpaired) electrons. The van der Waals surface area contributed by atoms with Gasteiger partial charge in [-0.05, 0) is 31.4 Å². The summed E-state index contributed by atoms with van der Waals surface area (Å²) in [7, 11) is 0. The van der Waals surface area contributed by atoms with Crippen LogP contribution in [0.25, 0.3) is 0 Å². The van der Waals surface area contributed by atoms with Crippen LogP contribution in [0, 0.1) is 0 Å². The van der Waals surface area contributed by atoms with E-state index in [2.05, 4.69) is 22.0 Å². The molecule has 1 N–H and O–H groups in total. The van der Waals surface area contributed by atoms with Crippen LogP contribution in [0.1, 0.15) is 31.2 Å². The minimum atomic E-state index is 0.189. The molecule has 1 aromatic carbocycles. The molecule has 0 aliphatic carbocycles. The highest BCUT2D eigenvalue weighted by Gasteiger charge is 2.12. The van der Waals surface area contributed by atoms with Crippen molar-refractivity contribution in [3.8, 4) is 0 Å². The lowest BCUT2D eigenvalue weighted by molar-refractivity contribution is 0.138. The van der Waals surface area contributed by atoms with Crippen LogP contribution in [-0.4, -0.2) is 24.9 Å². The van der Waals surface area contributed by atoms with Gasteiger partial charge in [-0.1, -0.05) is 34.1 Å². The van der Waals surface area contributed by atoms with E-state index in [0.29, 0.717) is 0 Å². The van der Waals surface area contributed by atoms with E-state index in [9.17, 15) is 5.11 Å². The highest BCUT2D eigenvalue weighted by molar-refractivity contribution is 9.10. The maximum atomic E-state index is 9.40. The fourth-order valence-electron chi connectivity index (χ4n) is 1.73. The lowest BCUT2D eigenvalue weighted by Gasteiger charge is -2.16. The Balaban J connectivity index is 2.51. The van der Waals surface area contributed by atoms with Crippen molar-refractivity contribution >= 4 is 15.9 Å². The zero-order valence-electron chi connectivity index (χ0n) is 9.66. The van der Waals surface area contributed by atoms with Gasteiger partial charge >= 0.3 is 0 Å². The first kappa shape index (κ1) is 13.7. The third-order valence-corrected chi connectivity index (χ3v) is 3.33. The van der Waals surface area contributed by atoms with Gasteiger partial charge in [0.2, 0.25) is 0 Å².